The predicted octanol–water partition coefficient (Wildman–Crippen LogP) is 3.57. The van der Waals surface area contributed by atoms with Crippen LogP contribution in [0.4, 0.5) is 10.1 Å². The second kappa shape index (κ2) is 6.76. The number of anilines is 1. The number of hydrogen-bond acceptors (Lipinski definition) is 3. The number of carbonyl (C=O) groups is 2. The highest BCUT2D eigenvalue weighted by molar-refractivity contribution is 6.52. The molecule has 0 aliphatic carbocycles. The first-order valence-electron chi connectivity index (χ1n) is 8.30. The van der Waals surface area contributed by atoms with Gasteiger partial charge in [0.05, 0.1) is 17.9 Å². The number of amides is 1. The molecule has 2 aromatic carbocycles. The molecule has 0 atom stereocenters. The third-order valence-corrected chi connectivity index (χ3v) is 4.39. The fourth-order valence-electron chi connectivity index (χ4n) is 3.06. The van der Waals surface area contributed by atoms with Gasteiger partial charge in [0.25, 0.3) is 5.78 Å². The highest BCUT2D eigenvalue weighted by Gasteiger charge is 2.36. The standard InChI is InChI=1S/C20H21FN2O2/c1-13(2)15-7-8-18-17(10-15)19(24)20(25)23(18)12-22(3)11-14-5-4-6-16(21)9-14/h4-10,13H,11-12H2,1-3H3. The van der Waals surface area contributed by atoms with Crippen molar-refractivity contribution in [1.29, 1.82) is 0 Å². The van der Waals surface area contributed by atoms with Gasteiger partial charge in [-0.2, -0.15) is 0 Å². The summed E-state index contributed by atoms with van der Waals surface area (Å²) in [5.74, 6) is -0.971. The van der Waals surface area contributed by atoms with Crippen LogP contribution >= 0.6 is 0 Å². The number of benzene rings is 2. The normalized spacial score (nSPS) is 13.9. The molecule has 0 unspecified atom stereocenters. The van der Waals surface area contributed by atoms with E-state index in [9.17, 15) is 14.0 Å². The van der Waals surface area contributed by atoms with Gasteiger partial charge in [-0.15, -0.1) is 0 Å². The Kier molecular flexibility index (Phi) is 4.68. The summed E-state index contributed by atoms with van der Waals surface area (Å²) in [5, 5.41) is 0. The molecule has 0 saturated heterocycles. The van der Waals surface area contributed by atoms with E-state index in [0.29, 0.717) is 17.8 Å². The Balaban J connectivity index is 1.79. The van der Waals surface area contributed by atoms with E-state index in [-0.39, 0.29) is 18.4 Å². The van der Waals surface area contributed by atoms with E-state index in [4.69, 9.17) is 0 Å². The first-order chi connectivity index (χ1) is 11.9. The van der Waals surface area contributed by atoms with Gasteiger partial charge >= 0.3 is 5.91 Å². The monoisotopic (exact) mass is 340 g/mol. The molecule has 2 aromatic rings. The summed E-state index contributed by atoms with van der Waals surface area (Å²) < 4.78 is 13.3. The molecule has 0 saturated carbocycles. The van der Waals surface area contributed by atoms with Gasteiger partial charge in [0, 0.05) is 6.54 Å². The number of nitrogens with zero attached hydrogens (tertiary/aromatic N) is 2. The lowest BCUT2D eigenvalue weighted by Crippen LogP contribution is -2.38. The van der Waals surface area contributed by atoms with Crippen molar-refractivity contribution in [3.8, 4) is 0 Å². The van der Waals surface area contributed by atoms with Crippen molar-refractivity contribution >= 4 is 17.4 Å². The lowest BCUT2D eigenvalue weighted by Gasteiger charge is -2.24. The Bertz CT molecular complexity index is 832. The van der Waals surface area contributed by atoms with Crippen molar-refractivity contribution in [2.45, 2.75) is 26.3 Å². The zero-order chi connectivity index (χ0) is 18.1. The van der Waals surface area contributed by atoms with E-state index >= 15 is 0 Å². The third kappa shape index (κ3) is 3.46. The molecular weight excluding hydrogens is 319 g/mol. The number of ketones is 1. The van der Waals surface area contributed by atoms with Crippen LogP contribution in [0.1, 0.15) is 41.3 Å². The van der Waals surface area contributed by atoms with Crippen LogP contribution in [0.25, 0.3) is 0 Å². The highest BCUT2D eigenvalue weighted by atomic mass is 19.1. The Labute approximate surface area is 146 Å². The smallest absolute Gasteiger partial charge is 0.291 e. The SMILES string of the molecule is CC(C)c1ccc2c(c1)C(=O)C(=O)N2CN(C)Cc1cccc(F)c1. The molecule has 4 nitrogen and oxygen atoms in total. The minimum atomic E-state index is -0.512. The molecule has 0 N–H and O–H groups in total. The molecule has 0 fully saturated rings. The number of hydrogen-bond donors (Lipinski definition) is 0. The van der Waals surface area contributed by atoms with E-state index in [1.54, 1.807) is 6.07 Å². The lowest BCUT2D eigenvalue weighted by molar-refractivity contribution is -0.114. The maximum absolute atomic E-state index is 13.3. The Morgan fingerprint density at radius 2 is 1.88 bits per heavy atom. The van der Waals surface area contributed by atoms with Crippen LogP contribution in [-0.4, -0.2) is 30.3 Å². The van der Waals surface area contributed by atoms with Crippen molar-refractivity contribution < 1.29 is 14.0 Å². The zero-order valence-corrected chi connectivity index (χ0v) is 14.6. The quantitative estimate of drug-likeness (QED) is 0.781. The molecule has 3 rings (SSSR count). The lowest BCUT2D eigenvalue weighted by atomic mass is 9.99. The van der Waals surface area contributed by atoms with Crippen LogP contribution in [-0.2, 0) is 11.3 Å². The summed E-state index contributed by atoms with van der Waals surface area (Å²) in [6.45, 7) is 4.85. The largest absolute Gasteiger partial charge is 0.300 e. The molecule has 1 heterocycles. The third-order valence-electron chi connectivity index (χ3n) is 4.39. The van der Waals surface area contributed by atoms with E-state index in [1.807, 2.05) is 50.1 Å². The molecule has 0 radical (unpaired) electrons. The van der Waals surface area contributed by atoms with Gasteiger partial charge in [-0.3, -0.25) is 19.4 Å². The van der Waals surface area contributed by atoms with Crippen molar-refractivity contribution in [3.63, 3.8) is 0 Å². The first kappa shape index (κ1) is 17.3. The number of halogens is 1. The van der Waals surface area contributed by atoms with Gasteiger partial charge in [0.15, 0.2) is 0 Å². The average Bonchev–Trinajstić information content (AvgIpc) is 2.79. The minimum Gasteiger partial charge on any atom is -0.291 e. The Morgan fingerprint density at radius 3 is 2.56 bits per heavy atom. The summed E-state index contributed by atoms with van der Waals surface area (Å²) in [4.78, 5) is 28.0. The minimum absolute atomic E-state index is 0.273. The van der Waals surface area contributed by atoms with Crippen LogP contribution < -0.4 is 4.90 Å². The molecule has 0 aromatic heterocycles. The molecular formula is C20H21FN2O2. The Hall–Kier alpha value is -2.53. The van der Waals surface area contributed by atoms with Crippen LogP contribution in [0.2, 0.25) is 0 Å². The summed E-state index contributed by atoms with van der Waals surface area (Å²) >= 11 is 0. The molecule has 5 heteroatoms. The van der Waals surface area contributed by atoms with Crippen molar-refractivity contribution in [1.82, 2.24) is 4.90 Å². The summed E-state index contributed by atoms with van der Waals surface area (Å²) in [5.41, 5.74) is 2.96. The van der Waals surface area contributed by atoms with Gasteiger partial charge < -0.3 is 0 Å². The fourth-order valence-corrected chi connectivity index (χ4v) is 3.06. The molecule has 1 amide bonds. The zero-order valence-electron chi connectivity index (χ0n) is 14.6. The van der Waals surface area contributed by atoms with Gasteiger partial charge in [-0.05, 0) is 48.4 Å². The Morgan fingerprint density at radius 1 is 1.12 bits per heavy atom. The van der Waals surface area contributed by atoms with Gasteiger partial charge in [-0.1, -0.05) is 32.0 Å². The second-order valence-electron chi connectivity index (χ2n) is 6.78. The van der Waals surface area contributed by atoms with E-state index in [1.165, 1.54) is 17.0 Å². The van der Waals surface area contributed by atoms with Crippen LogP contribution in [0, 0.1) is 5.82 Å². The van der Waals surface area contributed by atoms with E-state index in [2.05, 4.69) is 0 Å². The molecule has 1 aliphatic rings. The van der Waals surface area contributed by atoms with Gasteiger partial charge in [0.1, 0.15) is 5.82 Å². The molecule has 0 bridgehead atoms. The predicted molar refractivity (Wildman–Crippen MR) is 95.1 cm³/mol. The van der Waals surface area contributed by atoms with E-state index < -0.39 is 11.7 Å². The summed E-state index contributed by atoms with van der Waals surface area (Å²) in [7, 11) is 1.84. The molecule has 25 heavy (non-hydrogen) atoms. The second-order valence-corrected chi connectivity index (χ2v) is 6.78. The maximum atomic E-state index is 13.3. The van der Waals surface area contributed by atoms with Crippen molar-refractivity contribution in [3.05, 3.63) is 65.0 Å². The van der Waals surface area contributed by atoms with Crippen molar-refractivity contribution in [2.75, 3.05) is 18.6 Å². The topological polar surface area (TPSA) is 40.6 Å². The molecule has 130 valence electrons. The van der Waals surface area contributed by atoms with Gasteiger partial charge in [-0.25, -0.2) is 4.39 Å². The van der Waals surface area contributed by atoms with Gasteiger partial charge in [0.2, 0.25) is 0 Å². The summed E-state index contributed by atoms with van der Waals surface area (Å²) in [6.07, 6.45) is 0. The van der Waals surface area contributed by atoms with Crippen LogP contribution in [0.15, 0.2) is 42.5 Å². The first-order valence-corrected chi connectivity index (χ1v) is 8.30. The number of rotatable bonds is 5. The number of Topliss-reactive ketones (excluding diaryl/α,β-unsaturated/α-hetero) is 1. The molecule has 0 spiro atoms. The highest BCUT2D eigenvalue weighted by Crippen LogP contribution is 2.31. The van der Waals surface area contributed by atoms with Crippen LogP contribution in [0.3, 0.4) is 0 Å². The average molecular weight is 340 g/mol. The summed E-state index contributed by atoms with van der Waals surface area (Å²) in [6, 6.07) is 12.0. The van der Waals surface area contributed by atoms with Crippen molar-refractivity contribution in [2.24, 2.45) is 0 Å². The fraction of sp³-hybridized carbons (Fsp3) is 0.300. The number of carbonyl (C=O) groups excluding carboxylic acids is 2. The van der Waals surface area contributed by atoms with Crippen LogP contribution in [0.5, 0.6) is 0 Å². The number of fused-ring (bicyclic) bond motifs is 1. The van der Waals surface area contributed by atoms with E-state index in [0.717, 1.165) is 11.1 Å². The maximum Gasteiger partial charge on any atom is 0.300 e. The molecule has 1 aliphatic heterocycles.